The lowest BCUT2D eigenvalue weighted by atomic mass is 10.2. The van der Waals surface area contributed by atoms with Gasteiger partial charge in [0.25, 0.3) is 0 Å². The highest BCUT2D eigenvalue weighted by molar-refractivity contribution is 9.10. The lowest BCUT2D eigenvalue weighted by molar-refractivity contribution is 0.305. The van der Waals surface area contributed by atoms with Crippen LogP contribution in [-0.4, -0.2) is 17.9 Å². The molecule has 0 aliphatic heterocycles. The molecule has 0 fully saturated rings. The molecule has 21 heavy (non-hydrogen) atoms. The number of unbranched alkanes of at least 4 members (excludes halogenated alkanes) is 3. The summed E-state index contributed by atoms with van der Waals surface area (Å²) < 4.78 is 6.67. The number of halogens is 1. The van der Waals surface area contributed by atoms with Gasteiger partial charge in [-0.3, -0.25) is 5.43 Å². The zero-order valence-electron chi connectivity index (χ0n) is 11.5. The minimum Gasteiger partial charge on any atom is -0.493 e. The van der Waals surface area contributed by atoms with Gasteiger partial charge in [0, 0.05) is 16.5 Å². The van der Waals surface area contributed by atoms with Crippen LogP contribution in [0.2, 0.25) is 0 Å². The van der Waals surface area contributed by atoms with Crippen molar-refractivity contribution in [2.24, 2.45) is 10.8 Å². The first-order chi connectivity index (χ1) is 10.1. The van der Waals surface area contributed by atoms with E-state index >= 15 is 0 Å². The van der Waals surface area contributed by atoms with Crippen LogP contribution in [0.25, 0.3) is 0 Å². The van der Waals surface area contributed by atoms with Crippen molar-refractivity contribution in [3.05, 3.63) is 28.2 Å². The van der Waals surface area contributed by atoms with E-state index in [4.69, 9.17) is 15.7 Å². The first-order valence-electron chi connectivity index (χ1n) is 6.51. The van der Waals surface area contributed by atoms with Gasteiger partial charge in [0.15, 0.2) is 5.11 Å². The van der Waals surface area contributed by atoms with E-state index in [0.29, 0.717) is 13.0 Å². The molecule has 0 aliphatic rings. The number of hydrogen-bond donors (Lipinski definition) is 2. The Kier molecular flexibility index (Phi) is 8.40. The van der Waals surface area contributed by atoms with Gasteiger partial charge in [-0.25, -0.2) is 0 Å². The van der Waals surface area contributed by atoms with Crippen LogP contribution >= 0.6 is 28.1 Å². The maximum absolute atomic E-state index is 8.46. The largest absolute Gasteiger partial charge is 0.493 e. The van der Waals surface area contributed by atoms with E-state index in [1.165, 1.54) is 0 Å². The van der Waals surface area contributed by atoms with Gasteiger partial charge in [0.1, 0.15) is 5.75 Å². The number of rotatable bonds is 8. The fourth-order valence-electron chi connectivity index (χ4n) is 1.58. The third-order valence-corrected chi connectivity index (χ3v) is 3.13. The highest BCUT2D eigenvalue weighted by atomic mass is 79.9. The highest BCUT2D eigenvalue weighted by Crippen LogP contribution is 2.22. The fourth-order valence-corrected chi connectivity index (χ4v) is 2.01. The van der Waals surface area contributed by atoms with Crippen molar-refractivity contribution in [3.63, 3.8) is 0 Å². The second kappa shape index (κ2) is 10.1. The topological polar surface area (TPSA) is 83.4 Å². The molecule has 0 aliphatic carbocycles. The Hall–Kier alpha value is -1.65. The average molecular weight is 369 g/mol. The number of nitriles is 1. The summed E-state index contributed by atoms with van der Waals surface area (Å²) in [5.74, 6) is 0.743. The van der Waals surface area contributed by atoms with Crippen molar-refractivity contribution in [2.75, 3.05) is 6.61 Å². The van der Waals surface area contributed by atoms with Crippen molar-refractivity contribution in [3.8, 4) is 11.8 Å². The molecule has 1 aromatic carbocycles. The van der Waals surface area contributed by atoms with Gasteiger partial charge in [0.2, 0.25) is 0 Å². The molecule has 0 saturated carbocycles. The Morgan fingerprint density at radius 1 is 1.48 bits per heavy atom. The van der Waals surface area contributed by atoms with Gasteiger partial charge in [-0.2, -0.15) is 10.4 Å². The Morgan fingerprint density at radius 2 is 2.29 bits per heavy atom. The Balaban J connectivity index is 2.54. The molecule has 0 radical (unpaired) electrons. The summed E-state index contributed by atoms with van der Waals surface area (Å²) in [6.07, 6.45) is 5.01. The predicted molar refractivity (Wildman–Crippen MR) is 91.2 cm³/mol. The lowest BCUT2D eigenvalue weighted by Gasteiger charge is -2.09. The van der Waals surface area contributed by atoms with Crippen LogP contribution in [0.15, 0.2) is 27.8 Å². The normalized spacial score (nSPS) is 10.3. The minimum atomic E-state index is 0.112. The molecule has 0 bridgehead atoms. The molecule has 112 valence electrons. The summed E-state index contributed by atoms with van der Waals surface area (Å²) in [6, 6.07) is 7.81. The first-order valence-corrected chi connectivity index (χ1v) is 7.71. The number of nitrogens with zero attached hydrogens (tertiary/aromatic N) is 2. The van der Waals surface area contributed by atoms with Crippen molar-refractivity contribution in [1.29, 1.82) is 5.26 Å². The van der Waals surface area contributed by atoms with Crippen LogP contribution in [0.4, 0.5) is 0 Å². The maximum atomic E-state index is 8.46. The molecule has 0 aromatic heterocycles. The minimum absolute atomic E-state index is 0.112. The molecule has 7 heteroatoms. The fraction of sp³-hybridized carbons (Fsp3) is 0.357. The summed E-state index contributed by atoms with van der Waals surface area (Å²) in [5.41, 5.74) is 8.64. The second-order valence-electron chi connectivity index (χ2n) is 4.23. The number of hydrogen-bond acceptors (Lipinski definition) is 4. The van der Waals surface area contributed by atoms with Crippen LogP contribution < -0.4 is 15.9 Å². The van der Waals surface area contributed by atoms with Gasteiger partial charge in [-0.15, -0.1) is 0 Å². The molecule has 1 rings (SSSR count). The van der Waals surface area contributed by atoms with Crippen molar-refractivity contribution in [2.45, 2.75) is 25.7 Å². The number of nitrogens with one attached hydrogen (secondary N) is 1. The predicted octanol–water partition coefficient (Wildman–Crippen LogP) is 3.08. The molecular weight excluding hydrogens is 352 g/mol. The van der Waals surface area contributed by atoms with Crippen LogP contribution in [0.5, 0.6) is 5.75 Å². The zero-order valence-corrected chi connectivity index (χ0v) is 13.9. The van der Waals surface area contributed by atoms with Crippen molar-refractivity contribution < 1.29 is 4.74 Å². The van der Waals surface area contributed by atoms with E-state index in [9.17, 15) is 0 Å². The molecule has 0 unspecified atom stereocenters. The van der Waals surface area contributed by atoms with Gasteiger partial charge >= 0.3 is 0 Å². The second-order valence-corrected chi connectivity index (χ2v) is 5.59. The van der Waals surface area contributed by atoms with Crippen LogP contribution in [0, 0.1) is 11.3 Å². The Labute approximate surface area is 138 Å². The molecule has 3 N–H and O–H groups in total. The number of nitrogens with two attached hydrogens (primary N) is 1. The van der Waals surface area contributed by atoms with Crippen LogP contribution in [0.1, 0.15) is 31.2 Å². The molecule has 0 atom stereocenters. The maximum Gasteiger partial charge on any atom is 0.184 e. The van der Waals surface area contributed by atoms with Crippen molar-refractivity contribution >= 4 is 39.5 Å². The van der Waals surface area contributed by atoms with Gasteiger partial charge in [0.05, 0.1) is 18.9 Å². The zero-order chi connectivity index (χ0) is 15.5. The quantitative estimate of drug-likeness (QED) is 0.318. The summed E-state index contributed by atoms with van der Waals surface area (Å²) in [6.45, 7) is 0.608. The summed E-state index contributed by atoms with van der Waals surface area (Å²) in [5, 5.41) is 12.5. The van der Waals surface area contributed by atoms with Gasteiger partial charge in [-0.1, -0.05) is 15.9 Å². The third-order valence-electron chi connectivity index (χ3n) is 2.54. The van der Waals surface area contributed by atoms with E-state index in [1.54, 1.807) is 6.21 Å². The standard InChI is InChI=1S/C14H17BrN4OS/c15-12-5-6-13(20-8-4-2-1-3-7-16)11(9-12)10-18-19-14(17)21/h5-6,9-10H,1-4,8H2,(H3,17,19,21). The molecule has 0 heterocycles. The monoisotopic (exact) mass is 368 g/mol. The SMILES string of the molecule is N#CCCCCCOc1ccc(Br)cc1C=NNC(N)=S. The lowest BCUT2D eigenvalue weighted by Crippen LogP contribution is -2.24. The van der Waals surface area contributed by atoms with E-state index < -0.39 is 0 Å². The highest BCUT2D eigenvalue weighted by Gasteiger charge is 2.03. The van der Waals surface area contributed by atoms with Crippen LogP contribution in [-0.2, 0) is 0 Å². The number of ether oxygens (including phenoxy) is 1. The molecule has 0 saturated heterocycles. The Morgan fingerprint density at radius 3 is 3.00 bits per heavy atom. The molecular formula is C14H17BrN4OS. The van der Waals surface area contributed by atoms with E-state index in [2.05, 4.69) is 44.7 Å². The molecule has 0 amide bonds. The third kappa shape index (κ3) is 7.63. The first kappa shape index (κ1) is 17.4. The number of hydrazone groups is 1. The molecule has 5 nitrogen and oxygen atoms in total. The Bertz CT molecular complexity index is 542. The number of benzene rings is 1. The van der Waals surface area contributed by atoms with Crippen molar-refractivity contribution in [1.82, 2.24) is 5.43 Å². The van der Waals surface area contributed by atoms with E-state index in [0.717, 1.165) is 35.0 Å². The average Bonchev–Trinajstić information content (AvgIpc) is 2.44. The van der Waals surface area contributed by atoms with Crippen LogP contribution in [0.3, 0.4) is 0 Å². The molecule has 0 spiro atoms. The van der Waals surface area contributed by atoms with Gasteiger partial charge in [-0.05, 0) is 49.7 Å². The smallest absolute Gasteiger partial charge is 0.184 e. The number of thiocarbonyl (C=S) groups is 1. The van der Waals surface area contributed by atoms with E-state index in [-0.39, 0.29) is 5.11 Å². The molecule has 1 aromatic rings. The van der Waals surface area contributed by atoms with E-state index in [1.807, 2.05) is 18.2 Å². The summed E-state index contributed by atoms with van der Waals surface area (Å²) >= 11 is 8.09. The van der Waals surface area contributed by atoms with Gasteiger partial charge < -0.3 is 10.5 Å². The summed E-state index contributed by atoms with van der Waals surface area (Å²) in [7, 11) is 0. The summed E-state index contributed by atoms with van der Waals surface area (Å²) in [4.78, 5) is 0.